The molecule has 4 heterocycles. The quantitative estimate of drug-likeness (QED) is 0.218. The van der Waals surface area contributed by atoms with E-state index in [0.29, 0.717) is 49.4 Å². The Morgan fingerprint density at radius 3 is 2.74 bits per heavy atom. The molecule has 1 saturated heterocycles. The average molecular weight is 592 g/mol. The van der Waals surface area contributed by atoms with E-state index in [0.717, 1.165) is 36.1 Å². The molecule has 3 N–H and O–H groups in total. The molecular formula is C30H37N7O4S. The maximum Gasteiger partial charge on any atom is 0.272 e. The van der Waals surface area contributed by atoms with E-state index >= 15 is 0 Å². The van der Waals surface area contributed by atoms with Gasteiger partial charge in [-0.15, -0.1) is 11.3 Å². The van der Waals surface area contributed by atoms with Crippen LogP contribution in [0.3, 0.4) is 0 Å². The van der Waals surface area contributed by atoms with Crippen molar-refractivity contribution in [2.75, 3.05) is 38.6 Å². The molecule has 0 aliphatic carbocycles. The number of benzene rings is 1. The summed E-state index contributed by atoms with van der Waals surface area (Å²) in [6.45, 7) is 6.30. The van der Waals surface area contributed by atoms with Crippen LogP contribution < -0.4 is 10.6 Å². The third-order valence-corrected chi connectivity index (χ3v) is 8.58. The molecule has 4 aromatic rings. The zero-order chi connectivity index (χ0) is 29.7. The van der Waals surface area contributed by atoms with Crippen molar-refractivity contribution in [2.45, 2.75) is 45.1 Å². The van der Waals surface area contributed by atoms with Crippen molar-refractivity contribution in [3.63, 3.8) is 0 Å². The van der Waals surface area contributed by atoms with Crippen LogP contribution in [0.2, 0.25) is 0 Å². The molecule has 1 aliphatic rings. The highest BCUT2D eigenvalue weighted by atomic mass is 32.1. The third kappa shape index (κ3) is 6.88. The fourth-order valence-corrected chi connectivity index (χ4v) is 5.76. The molecule has 12 heteroatoms. The van der Waals surface area contributed by atoms with Gasteiger partial charge in [-0.05, 0) is 57.6 Å². The van der Waals surface area contributed by atoms with Gasteiger partial charge >= 0.3 is 0 Å². The number of ether oxygens (including phenoxy) is 1. The van der Waals surface area contributed by atoms with Gasteiger partial charge in [0.2, 0.25) is 0 Å². The Balaban J connectivity index is 1.20. The SMILES string of the molecule is COC(C)(C)CNc1cc(C(=O)N2CCC(CCCNC(=O)c3ccccc3O)CC2)nc(-c2cnn3ccsc23)n1. The first-order chi connectivity index (χ1) is 20.2. The molecule has 0 unspecified atom stereocenters. The molecule has 0 spiro atoms. The van der Waals surface area contributed by atoms with Crippen molar-refractivity contribution in [2.24, 2.45) is 5.92 Å². The molecule has 0 bridgehead atoms. The summed E-state index contributed by atoms with van der Waals surface area (Å²) in [5.74, 6) is 1.09. The summed E-state index contributed by atoms with van der Waals surface area (Å²) in [4.78, 5) is 38.2. The minimum atomic E-state index is -0.415. The summed E-state index contributed by atoms with van der Waals surface area (Å²) in [6.07, 6.45) is 7.19. The standard InChI is InChI=1S/C30H37N7O4S/c1-30(2,41-3)19-32-25-17-23(34-26(35-25)22-18-33-37-15-16-42-29(22)37)28(40)36-13-10-20(11-14-36)7-6-12-31-27(39)21-8-4-5-9-24(21)38/h4-5,8-9,15-18,20,38H,6-7,10-14,19H2,1-3H3,(H,31,39)(H,32,34,35). The lowest BCUT2D eigenvalue weighted by atomic mass is 9.92. The molecule has 2 amide bonds. The largest absolute Gasteiger partial charge is 0.507 e. The van der Waals surface area contributed by atoms with Gasteiger partial charge in [0.25, 0.3) is 11.8 Å². The molecule has 1 aromatic carbocycles. The summed E-state index contributed by atoms with van der Waals surface area (Å²) in [5.41, 5.74) is 0.995. The van der Waals surface area contributed by atoms with Crippen molar-refractivity contribution in [3.05, 3.63) is 59.4 Å². The lowest BCUT2D eigenvalue weighted by Crippen LogP contribution is -2.39. The first-order valence-electron chi connectivity index (χ1n) is 14.2. The number of thiazole rings is 1. The van der Waals surface area contributed by atoms with Gasteiger partial charge in [0.05, 0.1) is 22.9 Å². The molecule has 3 aromatic heterocycles. The Labute approximate surface area is 248 Å². The molecule has 0 atom stereocenters. The van der Waals surface area contributed by atoms with Crippen LogP contribution in [-0.4, -0.2) is 80.3 Å². The number of nitrogens with one attached hydrogen (secondary N) is 2. The molecular weight excluding hydrogens is 554 g/mol. The second kappa shape index (κ2) is 12.9. The number of rotatable bonds is 11. The highest BCUT2D eigenvalue weighted by Crippen LogP contribution is 2.28. The van der Waals surface area contributed by atoms with Gasteiger partial charge in [0, 0.05) is 50.9 Å². The van der Waals surface area contributed by atoms with Crippen LogP contribution in [0.5, 0.6) is 5.75 Å². The monoisotopic (exact) mass is 591 g/mol. The maximum atomic E-state index is 13.6. The first-order valence-corrected chi connectivity index (χ1v) is 15.1. The fraction of sp³-hybridized carbons (Fsp3) is 0.433. The van der Waals surface area contributed by atoms with E-state index in [1.807, 2.05) is 30.3 Å². The molecule has 1 fully saturated rings. The molecule has 42 heavy (non-hydrogen) atoms. The van der Waals surface area contributed by atoms with Crippen molar-refractivity contribution < 1.29 is 19.4 Å². The topological polar surface area (TPSA) is 134 Å². The van der Waals surface area contributed by atoms with E-state index < -0.39 is 5.60 Å². The van der Waals surface area contributed by atoms with E-state index in [2.05, 4.69) is 15.7 Å². The Morgan fingerprint density at radius 2 is 1.98 bits per heavy atom. The van der Waals surface area contributed by atoms with Crippen LogP contribution in [0, 0.1) is 5.92 Å². The van der Waals surface area contributed by atoms with E-state index in [-0.39, 0.29) is 23.1 Å². The Hall–Kier alpha value is -4.03. The van der Waals surface area contributed by atoms with E-state index in [9.17, 15) is 14.7 Å². The highest BCUT2D eigenvalue weighted by molar-refractivity contribution is 7.16. The normalized spacial score (nSPS) is 14.3. The van der Waals surface area contributed by atoms with Gasteiger partial charge in [-0.2, -0.15) is 5.10 Å². The van der Waals surface area contributed by atoms with Gasteiger partial charge in [-0.25, -0.2) is 14.5 Å². The van der Waals surface area contributed by atoms with Crippen molar-refractivity contribution in [3.8, 4) is 17.1 Å². The summed E-state index contributed by atoms with van der Waals surface area (Å²) in [5, 5.41) is 22.4. The van der Waals surface area contributed by atoms with Gasteiger partial charge in [-0.3, -0.25) is 9.59 Å². The maximum absolute atomic E-state index is 13.6. The smallest absolute Gasteiger partial charge is 0.272 e. The predicted molar refractivity (Wildman–Crippen MR) is 162 cm³/mol. The number of phenolic OH excluding ortho intramolecular Hbond substituents is 1. The van der Waals surface area contributed by atoms with Gasteiger partial charge in [0.1, 0.15) is 22.1 Å². The number of amides is 2. The van der Waals surface area contributed by atoms with Crippen molar-refractivity contribution in [1.29, 1.82) is 0 Å². The summed E-state index contributed by atoms with van der Waals surface area (Å²) in [7, 11) is 1.67. The lowest BCUT2D eigenvalue weighted by Gasteiger charge is -2.32. The zero-order valence-corrected chi connectivity index (χ0v) is 25.0. The Morgan fingerprint density at radius 1 is 1.19 bits per heavy atom. The number of aromatic hydroxyl groups is 1. The van der Waals surface area contributed by atoms with E-state index in [1.165, 1.54) is 6.07 Å². The average Bonchev–Trinajstić information content (AvgIpc) is 3.63. The molecule has 11 nitrogen and oxygen atoms in total. The van der Waals surface area contributed by atoms with Crippen LogP contribution in [-0.2, 0) is 4.74 Å². The van der Waals surface area contributed by atoms with Crippen LogP contribution in [0.4, 0.5) is 5.82 Å². The molecule has 1 aliphatic heterocycles. The number of fused-ring (bicyclic) bond motifs is 1. The number of hydrogen-bond acceptors (Lipinski definition) is 9. The van der Waals surface area contributed by atoms with Gasteiger partial charge in [0.15, 0.2) is 5.82 Å². The molecule has 222 valence electrons. The minimum absolute atomic E-state index is 0.0188. The van der Waals surface area contributed by atoms with E-state index in [4.69, 9.17) is 14.7 Å². The third-order valence-electron chi connectivity index (χ3n) is 7.69. The number of phenols is 1. The van der Waals surface area contributed by atoms with Gasteiger partial charge < -0.3 is 25.4 Å². The van der Waals surface area contributed by atoms with Crippen LogP contribution in [0.15, 0.2) is 48.1 Å². The zero-order valence-electron chi connectivity index (χ0n) is 24.2. The van der Waals surface area contributed by atoms with Crippen LogP contribution in [0.25, 0.3) is 16.2 Å². The first kappa shape index (κ1) is 29.5. The molecule has 5 rings (SSSR count). The number of methoxy groups -OCH3 is 1. The number of carbonyl (C=O) groups excluding carboxylic acids is 2. The lowest BCUT2D eigenvalue weighted by molar-refractivity contribution is 0.0343. The second-order valence-electron chi connectivity index (χ2n) is 11.1. The summed E-state index contributed by atoms with van der Waals surface area (Å²) >= 11 is 1.54. The fourth-order valence-electron chi connectivity index (χ4n) is 4.96. The highest BCUT2D eigenvalue weighted by Gasteiger charge is 2.26. The predicted octanol–water partition coefficient (Wildman–Crippen LogP) is 4.46. The van der Waals surface area contributed by atoms with Gasteiger partial charge in [-0.1, -0.05) is 12.1 Å². The van der Waals surface area contributed by atoms with E-state index in [1.54, 1.807) is 53.4 Å². The van der Waals surface area contributed by atoms with Crippen LogP contribution >= 0.6 is 11.3 Å². The Kier molecular flexibility index (Phi) is 9.03. The number of hydrogen-bond donors (Lipinski definition) is 3. The molecule has 0 saturated carbocycles. The Bertz CT molecular complexity index is 1540. The number of para-hydroxylation sites is 1. The van der Waals surface area contributed by atoms with Crippen molar-refractivity contribution in [1.82, 2.24) is 29.8 Å². The molecule has 0 radical (unpaired) electrons. The minimum Gasteiger partial charge on any atom is -0.507 e. The number of anilines is 1. The number of aromatic nitrogens is 4. The number of nitrogens with zero attached hydrogens (tertiary/aromatic N) is 5. The summed E-state index contributed by atoms with van der Waals surface area (Å²) in [6, 6.07) is 8.24. The number of piperidine rings is 1. The second-order valence-corrected chi connectivity index (χ2v) is 12.0. The number of likely N-dealkylation sites (tertiary alicyclic amines) is 1. The summed E-state index contributed by atoms with van der Waals surface area (Å²) < 4.78 is 7.32. The van der Waals surface area contributed by atoms with Crippen molar-refractivity contribution >= 4 is 33.8 Å². The number of carbonyl (C=O) groups is 2. The van der Waals surface area contributed by atoms with Crippen LogP contribution in [0.1, 0.15) is 60.4 Å².